The number of hydrogen-bond acceptors (Lipinski definition) is 3. The van der Waals surface area contributed by atoms with E-state index in [9.17, 15) is 4.39 Å². The summed E-state index contributed by atoms with van der Waals surface area (Å²) in [6.45, 7) is 5.12. The molecule has 0 saturated carbocycles. The van der Waals surface area contributed by atoms with E-state index >= 15 is 0 Å². The van der Waals surface area contributed by atoms with Gasteiger partial charge in [-0.2, -0.15) is 0 Å². The Bertz CT molecular complexity index is 438. The van der Waals surface area contributed by atoms with Crippen LogP contribution in [0.1, 0.15) is 6.92 Å². The molecule has 84 valence electrons. The van der Waals surface area contributed by atoms with E-state index in [0.29, 0.717) is 11.6 Å². The largest absolute Gasteiger partial charge is 0.443 e. The van der Waals surface area contributed by atoms with Gasteiger partial charge in [-0.3, -0.25) is 0 Å². The van der Waals surface area contributed by atoms with Gasteiger partial charge in [-0.1, -0.05) is 18.7 Å². The number of rotatable bonds is 3. The predicted molar refractivity (Wildman–Crippen MR) is 62.6 cm³/mol. The fourth-order valence-corrected chi connectivity index (χ4v) is 1.06. The van der Waals surface area contributed by atoms with Crippen LogP contribution in [0.2, 0.25) is 0 Å². The van der Waals surface area contributed by atoms with Crippen molar-refractivity contribution in [3.05, 3.63) is 54.6 Å². The molecule has 0 atom stereocenters. The minimum atomic E-state index is -0.361. The van der Waals surface area contributed by atoms with E-state index in [1.807, 2.05) is 0 Å². The molecular weight excluding hydrogens is 207 g/mol. The van der Waals surface area contributed by atoms with E-state index in [0.717, 1.165) is 0 Å². The molecule has 0 spiro atoms. The summed E-state index contributed by atoms with van der Waals surface area (Å²) in [4.78, 5) is 3.93. The number of nitrogens with two attached hydrogens (primary N) is 1. The molecule has 2 N–H and O–H groups in total. The van der Waals surface area contributed by atoms with Crippen molar-refractivity contribution in [1.82, 2.24) is 0 Å². The summed E-state index contributed by atoms with van der Waals surface area (Å²) >= 11 is 0. The van der Waals surface area contributed by atoms with E-state index in [-0.39, 0.29) is 11.6 Å². The van der Waals surface area contributed by atoms with Crippen LogP contribution in [0.25, 0.3) is 0 Å². The highest BCUT2D eigenvalue weighted by Gasteiger charge is 1.98. The number of allylic oxidation sites excluding steroid dienone is 2. The molecule has 1 rings (SSSR count). The predicted octanol–water partition coefficient (Wildman–Crippen LogP) is 2.61. The molecule has 0 amide bonds. The highest BCUT2D eigenvalue weighted by molar-refractivity contribution is 5.76. The monoisotopic (exact) mass is 220 g/mol. The third-order valence-corrected chi connectivity index (χ3v) is 1.64. The minimum Gasteiger partial charge on any atom is -0.443 e. The molecule has 1 aromatic carbocycles. The minimum absolute atomic E-state index is 0.281. The molecule has 0 unspecified atom stereocenters. The van der Waals surface area contributed by atoms with Crippen LogP contribution in [0.4, 0.5) is 4.39 Å². The van der Waals surface area contributed by atoms with Gasteiger partial charge in [-0.15, -0.1) is 0 Å². The van der Waals surface area contributed by atoms with Crippen LogP contribution in [-0.4, -0.2) is 5.90 Å². The third-order valence-electron chi connectivity index (χ3n) is 1.64. The summed E-state index contributed by atoms with van der Waals surface area (Å²) in [5.41, 5.74) is 5.52. The number of aliphatic imine (C=N–C) groups is 1. The molecule has 16 heavy (non-hydrogen) atoms. The van der Waals surface area contributed by atoms with E-state index in [4.69, 9.17) is 10.5 Å². The van der Waals surface area contributed by atoms with Crippen LogP contribution >= 0.6 is 0 Å². The second-order valence-electron chi connectivity index (χ2n) is 3.02. The zero-order valence-electron chi connectivity index (χ0n) is 8.98. The quantitative estimate of drug-likeness (QED) is 0.483. The van der Waals surface area contributed by atoms with Gasteiger partial charge in [-0.25, -0.2) is 9.38 Å². The average Bonchev–Trinajstić information content (AvgIpc) is 2.17. The fraction of sp³-hybridized carbons (Fsp3) is 0.0833. The van der Waals surface area contributed by atoms with Crippen molar-refractivity contribution in [2.75, 3.05) is 0 Å². The molecule has 0 aliphatic rings. The lowest BCUT2D eigenvalue weighted by Gasteiger charge is -2.04. The second-order valence-corrected chi connectivity index (χ2v) is 3.02. The maximum Gasteiger partial charge on any atom is 0.193 e. The third kappa shape index (κ3) is 3.96. The van der Waals surface area contributed by atoms with Gasteiger partial charge in [0.2, 0.25) is 0 Å². The molecule has 0 aliphatic heterocycles. The van der Waals surface area contributed by atoms with Crippen molar-refractivity contribution >= 4 is 5.90 Å². The molecule has 0 aliphatic carbocycles. The molecular formula is C12H13FN2O. The van der Waals surface area contributed by atoms with Crippen molar-refractivity contribution in [2.45, 2.75) is 6.92 Å². The summed E-state index contributed by atoms with van der Waals surface area (Å²) in [7, 11) is 0. The topological polar surface area (TPSA) is 47.6 Å². The van der Waals surface area contributed by atoms with Crippen LogP contribution in [0, 0.1) is 5.82 Å². The number of halogens is 1. The maximum atomic E-state index is 12.8. The Balaban J connectivity index is 2.74. The van der Waals surface area contributed by atoms with Crippen LogP contribution in [0.15, 0.2) is 53.8 Å². The fourth-order valence-electron chi connectivity index (χ4n) is 1.06. The molecule has 0 heterocycles. The van der Waals surface area contributed by atoms with Crippen LogP contribution in [0.5, 0.6) is 5.75 Å². The lowest BCUT2D eigenvalue weighted by molar-refractivity contribution is 0.534. The maximum absolute atomic E-state index is 12.8. The van der Waals surface area contributed by atoms with Gasteiger partial charge in [-0.05, 0) is 18.2 Å². The molecule has 1 aromatic rings. The Morgan fingerprint density at radius 3 is 2.94 bits per heavy atom. The first-order valence-corrected chi connectivity index (χ1v) is 4.68. The van der Waals surface area contributed by atoms with Crippen molar-refractivity contribution in [2.24, 2.45) is 10.7 Å². The van der Waals surface area contributed by atoms with E-state index in [1.54, 1.807) is 25.1 Å². The zero-order valence-corrected chi connectivity index (χ0v) is 8.98. The molecule has 0 fully saturated rings. The Hall–Kier alpha value is -2.10. The van der Waals surface area contributed by atoms with Gasteiger partial charge in [0.05, 0.1) is 0 Å². The van der Waals surface area contributed by atoms with Gasteiger partial charge in [0.25, 0.3) is 0 Å². The van der Waals surface area contributed by atoms with E-state index in [1.165, 1.54) is 18.2 Å². The molecule has 0 saturated heterocycles. The van der Waals surface area contributed by atoms with Crippen molar-refractivity contribution in [1.29, 1.82) is 0 Å². The summed E-state index contributed by atoms with van der Waals surface area (Å²) < 4.78 is 18.1. The molecule has 0 bridgehead atoms. The average molecular weight is 220 g/mol. The van der Waals surface area contributed by atoms with Crippen LogP contribution in [0.3, 0.4) is 0 Å². The summed E-state index contributed by atoms with van der Waals surface area (Å²) in [6.07, 6.45) is 3.06. The van der Waals surface area contributed by atoms with E-state index in [2.05, 4.69) is 11.6 Å². The first-order valence-electron chi connectivity index (χ1n) is 4.68. The first kappa shape index (κ1) is 12.0. The Morgan fingerprint density at radius 1 is 1.56 bits per heavy atom. The van der Waals surface area contributed by atoms with Crippen LogP contribution < -0.4 is 10.5 Å². The Morgan fingerprint density at radius 2 is 2.31 bits per heavy atom. The zero-order chi connectivity index (χ0) is 12.0. The number of ether oxygens (including phenoxy) is 1. The lowest BCUT2D eigenvalue weighted by Crippen LogP contribution is -2.06. The molecule has 3 nitrogen and oxygen atoms in total. The van der Waals surface area contributed by atoms with Gasteiger partial charge in [0.15, 0.2) is 5.90 Å². The molecule has 0 aromatic heterocycles. The van der Waals surface area contributed by atoms with Gasteiger partial charge in [0.1, 0.15) is 17.4 Å². The highest BCUT2D eigenvalue weighted by atomic mass is 19.1. The van der Waals surface area contributed by atoms with Crippen molar-refractivity contribution < 1.29 is 9.13 Å². The molecule has 0 radical (unpaired) electrons. The Labute approximate surface area is 93.8 Å². The number of hydrogen-bond donors (Lipinski definition) is 1. The normalized spacial score (nSPS) is 12.4. The van der Waals surface area contributed by atoms with Crippen LogP contribution in [-0.2, 0) is 0 Å². The lowest BCUT2D eigenvalue weighted by atomic mass is 10.3. The standard InChI is InChI=1S/C12H13FN2O/c1-3-5-12(14)15-9(2)16-11-7-4-6-10(13)8-11/h3-8H,1,14H2,2H3/b12-5-,15-9?. The number of nitrogens with zero attached hydrogens (tertiary/aromatic N) is 1. The highest BCUT2D eigenvalue weighted by Crippen LogP contribution is 2.12. The second kappa shape index (κ2) is 5.70. The first-order chi connectivity index (χ1) is 7.61. The summed E-state index contributed by atoms with van der Waals surface area (Å²) in [5.74, 6) is 0.637. The molecule has 4 heteroatoms. The Kier molecular flexibility index (Phi) is 4.27. The smallest absolute Gasteiger partial charge is 0.193 e. The van der Waals surface area contributed by atoms with Crippen molar-refractivity contribution in [3.63, 3.8) is 0 Å². The van der Waals surface area contributed by atoms with Gasteiger partial charge in [0, 0.05) is 13.0 Å². The van der Waals surface area contributed by atoms with Crippen molar-refractivity contribution in [3.8, 4) is 5.75 Å². The van der Waals surface area contributed by atoms with E-state index < -0.39 is 0 Å². The summed E-state index contributed by atoms with van der Waals surface area (Å²) in [5, 5.41) is 0. The van der Waals surface area contributed by atoms with Gasteiger partial charge < -0.3 is 10.5 Å². The number of benzene rings is 1. The SMILES string of the molecule is C=C/C=C(/N)N=C(C)Oc1cccc(F)c1. The van der Waals surface area contributed by atoms with Gasteiger partial charge >= 0.3 is 0 Å². The summed E-state index contributed by atoms with van der Waals surface area (Å²) in [6, 6.07) is 5.80.